The SMILES string of the molecule is CCCCc1ccc(-c2ccc(C(=O)N[C@@H](CCCN)C(=O)N[C@H](C(=O)N[C@@H](C)C(=O)N[C@@H](CCCCN)C(=O)N[C@@H](C)B3OC4C[C@@H]5C[C@@H](C5(C)C)[C@]4(C)O3)C(C)O)cc2)cc1. The highest BCUT2D eigenvalue weighted by Crippen LogP contribution is 2.65. The molecule has 10 atom stereocenters. The van der Waals surface area contributed by atoms with Crippen LogP contribution in [0.15, 0.2) is 48.5 Å². The Bertz CT molecular complexity index is 1880. The van der Waals surface area contributed by atoms with Crippen LogP contribution < -0.4 is 38.1 Å². The maximum atomic E-state index is 13.7. The van der Waals surface area contributed by atoms with Crippen molar-refractivity contribution in [3.8, 4) is 11.1 Å². The van der Waals surface area contributed by atoms with Crippen molar-refractivity contribution >= 4 is 36.7 Å². The van der Waals surface area contributed by atoms with Crippen LogP contribution in [0.25, 0.3) is 11.1 Å². The molecule has 3 aliphatic carbocycles. The number of unbranched alkanes of at least 4 members (excludes halogenated alkanes) is 2. The molecule has 5 amide bonds. The molecule has 0 radical (unpaired) electrons. The minimum absolute atomic E-state index is 0.0542. The highest BCUT2D eigenvalue weighted by atomic mass is 16.7. The average molecular weight is 874 g/mol. The van der Waals surface area contributed by atoms with Gasteiger partial charge >= 0.3 is 7.12 Å². The van der Waals surface area contributed by atoms with E-state index in [1.54, 1.807) is 12.1 Å². The molecule has 1 aliphatic heterocycles. The highest BCUT2D eigenvalue weighted by molar-refractivity contribution is 6.47. The molecule has 4 fully saturated rings. The van der Waals surface area contributed by atoms with E-state index in [0.717, 1.165) is 43.2 Å². The predicted octanol–water partition coefficient (Wildman–Crippen LogP) is 3.29. The number of nitrogens with two attached hydrogens (primary N) is 2. The first-order valence-corrected chi connectivity index (χ1v) is 23.1. The van der Waals surface area contributed by atoms with Crippen LogP contribution in [0.2, 0.25) is 0 Å². The first kappa shape index (κ1) is 49.7. The molecule has 0 aromatic heterocycles. The summed E-state index contributed by atoms with van der Waals surface area (Å²) in [6.07, 6.45) is 5.94. The Hall–Kier alpha value is -4.35. The van der Waals surface area contributed by atoms with E-state index in [2.05, 4.69) is 78.5 Å². The summed E-state index contributed by atoms with van der Waals surface area (Å²) in [5, 5.41) is 24.3. The van der Waals surface area contributed by atoms with Gasteiger partial charge in [0.05, 0.1) is 23.8 Å². The third kappa shape index (κ3) is 12.1. The van der Waals surface area contributed by atoms with Gasteiger partial charge < -0.3 is 52.5 Å². The molecule has 1 saturated heterocycles. The fourth-order valence-corrected chi connectivity index (χ4v) is 9.48. The van der Waals surface area contributed by atoms with Gasteiger partial charge in [0.1, 0.15) is 24.2 Å². The van der Waals surface area contributed by atoms with Crippen molar-refractivity contribution in [2.75, 3.05) is 13.1 Å². The standard InChI is InChI=1S/C47H72BN7O8/c1-8-9-13-31-16-18-32(19-17-31)33-20-22-34(23-21-33)42(58)54-37(15-12-25-50)44(60)55-40(29(3)56)45(61)51-28(2)41(57)53-36(14-10-11-24-49)43(59)52-30(4)48-62-39-27-35-26-38(46(35,5)6)47(39,7)63-48/h16-23,28-30,35-40,56H,8-15,24-27,49-50H2,1-7H3,(H,51,61)(H,52,59)(H,53,57)(H,54,58)(H,55,60)/t28-,29?,30-,35-,36-,37-,38-,39?,40-,47-/m0/s1. The van der Waals surface area contributed by atoms with Crippen LogP contribution in [-0.2, 0) is 34.9 Å². The molecule has 3 saturated carbocycles. The molecule has 346 valence electrons. The molecule has 2 aromatic carbocycles. The van der Waals surface area contributed by atoms with E-state index in [9.17, 15) is 29.1 Å². The third-order valence-electron chi connectivity index (χ3n) is 13.7. The van der Waals surface area contributed by atoms with Gasteiger partial charge in [0.15, 0.2) is 0 Å². The van der Waals surface area contributed by atoms with Crippen molar-refractivity contribution in [1.82, 2.24) is 26.6 Å². The second kappa shape index (κ2) is 22.0. The van der Waals surface area contributed by atoms with E-state index in [1.165, 1.54) is 19.4 Å². The number of aryl methyl sites for hydroxylation is 1. The van der Waals surface area contributed by atoms with Crippen LogP contribution in [0.4, 0.5) is 0 Å². The number of amides is 5. The zero-order chi connectivity index (χ0) is 46.1. The lowest BCUT2D eigenvalue weighted by Gasteiger charge is -2.64. The van der Waals surface area contributed by atoms with E-state index in [4.69, 9.17) is 20.8 Å². The van der Waals surface area contributed by atoms with Gasteiger partial charge in [-0.2, -0.15) is 0 Å². The molecular formula is C47H72BN7O8. The number of aliphatic hydroxyl groups is 1. The molecule has 1 heterocycles. The number of benzene rings is 2. The number of nitrogens with one attached hydrogen (secondary N) is 5. The predicted molar refractivity (Wildman–Crippen MR) is 244 cm³/mol. The smallest absolute Gasteiger partial charge is 0.404 e. The lowest BCUT2D eigenvalue weighted by atomic mass is 9.43. The molecule has 2 unspecified atom stereocenters. The minimum Gasteiger partial charge on any atom is -0.404 e. The normalized spacial score (nSPS) is 23.7. The van der Waals surface area contributed by atoms with Crippen molar-refractivity contribution in [3.63, 3.8) is 0 Å². The van der Waals surface area contributed by atoms with E-state index >= 15 is 0 Å². The Balaban J connectivity index is 1.16. The molecule has 0 spiro atoms. The topological polar surface area (TPSA) is 236 Å². The van der Waals surface area contributed by atoms with E-state index < -0.39 is 78.5 Å². The Labute approximate surface area is 373 Å². The van der Waals surface area contributed by atoms with Gasteiger partial charge in [0.25, 0.3) is 5.91 Å². The summed E-state index contributed by atoms with van der Waals surface area (Å²) < 4.78 is 12.9. The largest absolute Gasteiger partial charge is 0.481 e. The van der Waals surface area contributed by atoms with Gasteiger partial charge in [-0.1, -0.05) is 63.6 Å². The minimum atomic E-state index is -1.48. The van der Waals surface area contributed by atoms with Crippen molar-refractivity contribution in [2.45, 2.75) is 161 Å². The van der Waals surface area contributed by atoms with Gasteiger partial charge in [-0.05, 0) is 145 Å². The summed E-state index contributed by atoms with van der Waals surface area (Å²) in [6, 6.07) is 10.7. The van der Waals surface area contributed by atoms with Gasteiger partial charge in [0, 0.05) is 5.56 Å². The lowest BCUT2D eigenvalue weighted by molar-refractivity contribution is -0.199. The Morgan fingerprint density at radius 1 is 0.746 bits per heavy atom. The summed E-state index contributed by atoms with van der Waals surface area (Å²) in [4.78, 5) is 67.9. The Morgan fingerprint density at radius 3 is 1.95 bits per heavy atom. The van der Waals surface area contributed by atoms with E-state index in [-0.39, 0.29) is 24.5 Å². The quantitative estimate of drug-likeness (QED) is 0.0600. The number of carbonyl (C=O) groups is 5. The molecule has 6 rings (SSSR count). The van der Waals surface area contributed by atoms with Gasteiger partial charge in [-0.25, -0.2) is 0 Å². The van der Waals surface area contributed by atoms with Crippen LogP contribution in [0.5, 0.6) is 0 Å². The summed E-state index contributed by atoms with van der Waals surface area (Å²) in [7, 11) is -0.649. The second-order valence-electron chi connectivity index (χ2n) is 18.8. The lowest BCUT2D eigenvalue weighted by Crippen LogP contribution is -2.65. The zero-order valence-electron chi connectivity index (χ0n) is 38.3. The summed E-state index contributed by atoms with van der Waals surface area (Å²) in [6.45, 7) is 14.1. The van der Waals surface area contributed by atoms with Crippen molar-refractivity contribution in [1.29, 1.82) is 0 Å². The monoisotopic (exact) mass is 874 g/mol. The number of rotatable bonds is 23. The van der Waals surface area contributed by atoms with E-state index in [0.29, 0.717) is 49.6 Å². The molecule has 16 heteroatoms. The van der Waals surface area contributed by atoms with Gasteiger partial charge in [-0.15, -0.1) is 0 Å². The molecule has 2 aromatic rings. The summed E-state index contributed by atoms with van der Waals surface area (Å²) in [5.74, 6) is -2.66. The zero-order valence-corrected chi connectivity index (χ0v) is 38.3. The maximum Gasteiger partial charge on any atom is 0.481 e. The molecular weight excluding hydrogens is 801 g/mol. The van der Waals surface area contributed by atoms with Crippen LogP contribution >= 0.6 is 0 Å². The van der Waals surface area contributed by atoms with Crippen molar-refractivity contribution < 1.29 is 38.4 Å². The van der Waals surface area contributed by atoms with Gasteiger partial charge in [-0.3, -0.25) is 24.0 Å². The summed E-state index contributed by atoms with van der Waals surface area (Å²) >= 11 is 0. The summed E-state index contributed by atoms with van der Waals surface area (Å²) in [5.41, 5.74) is 14.8. The van der Waals surface area contributed by atoms with Crippen LogP contribution in [-0.4, -0.2) is 103 Å². The molecule has 63 heavy (non-hydrogen) atoms. The van der Waals surface area contributed by atoms with Crippen molar-refractivity contribution in [3.05, 3.63) is 59.7 Å². The highest BCUT2D eigenvalue weighted by Gasteiger charge is 2.68. The number of aliphatic hydroxyl groups excluding tert-OH is 1. The van der Waals surface area contributed by atoms with E-state index in [1.807, 2.05) is 19.1 Å². The molecule has 15 nitrogen and oxygen atoms in total. The first-order chi connectivity index (χ1) is 29.9. The Kier molecular flexibility index (Phi) is 17.4. The third-order valence-corrected chi connectivity index (χ3v) is 13.7. The molecule has 2 bridgehead atoms. The molecule has 10 N–H and O–H groups in total. The maximum absolute atomic E-state index is 13.7. The first-order valence-electron chi connectivity index (χ1n) is 23.1. The van der Waals surface area contributed by atoms with Crippen LogP contribution in [0.1, 0.15) is 122 Å². The van der Waals surface area contributed by atoms with Crippen LogP contribution in [0, 0.1) is 17.3 Å². The fraction of sp³-hybridized carbons (Fsp3) is 0.638. The molecule has 4 aliphatic rings. The number of carbonyl (C=O) groups excluding carboxylic acids is 5. The fourth-order valence-electron chi connectivity index (χ4n) is 9.48. The number of hydrogen-bond acceptors (Lipinski definition) is 10. The second-order valence-corrected chi connectivity index (χ2v) is 18.8. The Morgan fingerprint density at radius 2 is 1.35 bits per heavy atom. The number of hydrogen-bond donors (Lipinski definition) is 8. The van der Waals surface area contributed by atoms with Gasteiger partial charge in [0.2, 0.25) is 23.6 Å². The average Bonchev–Trinajstić information content (AvgIpc) is 3.63. The van der Waals surface area contributed by atoms with Crippen LogP contribution in [0.3, 0.4) is 0 Å². The van der Waals surface area contributed by atoms with Crippen molar-refractivity contribution in [2.24, 2.45) is 28.7 Å².